The molecule has 0 radical (unpaired) electrons. The molecule has 1 fully saturated rings. The molecule has 4 heterocycles. The van der Waals surface area contributed by atoms with Crippen LogP contribution in [0.1, 0.15) is 44.3 Å². The summed E-state index contributed by atoms with van der Waals surface area (Å²) in [5.41, 5.74) is 4.75. The number of carbonyl (C=O) groups is 2. The zero-order chi connectivity index (χ0) is 28.9. The minimum Gasteiger partial charge on any atom is -0.369 e. The topological polar surface area (TPSA) is 96.3 Å². The predicted octanol–water partition coefficient (Wildman–Crippen LogP) is 4.78. The molecule has 2 aliphatic rings. The highest BCUT2D eigenvalue weighted by molar-refractivity contribution is 7.98. The van der Waals surface area contributed by atoms with E-state index in [-0.39, 0.29) is 23.3 Å². The fourth-order valence-corrected chi connectivity index (χ4v) is 6.76. The second-order valence-electron chi connectivity index (χ2n) is 10.8. The Bertz CT molecular complexity index is 1630. The number of amides is 2. The van der Waals surface area contributed by atoms with Gasteiger partial charge in [0, 0.05) is 73.3 Å². The molecule has 42 heavy (non-hydrogen) atoms. The van der Waals surface area contributed by atoms with Crippen molar-refractivity contribution >= 4 is 35.0 Å². The fraction of sp³-hybridized carbons (Fsp3) is 0.273. The average Bonchev–Trinajstić information content (AvgIpc) is 3.02. The fourth-order valence-electron chi connectivity index (χ4n) is 5.94. The number of hydrogen-bond donors (Lipinski definition) is 2. The lowest BCUT2D eigenvalue weighted by atomic mass is 9.83. The minimum absolute atomic E-state index is 0.0499. The van der Waals surface area contributed by atoms with E-state index in [1.165, 1.54) is 11.8 Å². The number of carbonyl (C=O) groups excluding carboxylic acids is 2. The van der Waals surface area contributed by atoms with Crippen molar-refractivity contribution in [1.29, 1.82) is 0 Å². The zero-order valence-electron chi connectivity index (χ0n) is 23.2. The van der Waals surface area contributed by atoms with E-state index in [1.807, 2.05) is 47.0 Å². The van der Waals surface area contributed by atoms with Crippen LogP contribution in [-0.4, -0.2) is 46.8 Å². The van der Waals surface area contributed by atoms with Gasteiger partial charge in [0.1, 0.15) is 0 Å². The van der Waals surface area contributed by atoms with Gasteiger partial charge in [0.05, 0.1) is 16.9 Å². The Hall–Kier alpha value is -4.37. The van der Waals surface area contributed by atoms with Crippen LogP contribution in [0.4, 0.5) is 11.4 Å². The van der Waals surface area contributed by atoms with Crippen molar-refractivity contribution in [3.63, 3.8) is 0 Å². The average molecular weight is 580 g/mol. The molecule has 2 aromatic heterocycles. The van der Waals surface area contributed by atoms with E-state index in [9.17, 15) is 14.4 Å². The summed E-state index contributed by atoms with van der Waals surface area (Å²) in [4.78, 5) is 45.1. The first-order valence-corrected chi connectivity index (χ1v) is 15.4. The van der Waals surface area contributed by atoms with Crippen molar-refractivity contribution in [2.45, 2.75) is 24.6 Å². The summed E-state index contributed by atoms with van der Waals surface area (Å²) in [6, 6.07) is 24.7. The van der Waals surface area contributed by atoms with Crippen molar-refractivity contribution in [2.75, 3.05) is 35.6 Å². The van der Waals surface area contributed by atoms with Gasteiger partial charge in [-0.2, -0.15) is 11.8 Å². The van der Waals surface area contributed by atoms with Crippen LogP contribution in [0.15, 0.2) is 96.1 Å². The predicted molar refractivity (Wildman–Crippen MR) is 167 cm³/mol. The van der Waals surface area contributed by atoms with Gasteiger partial charge in [0.25, 0.3) is 17.4 Å². The lowest BCUT2D eigenvalue weighted by Gasteiger charge is -2.44. The lowest BCUT2D eigenvalue weighted by molar-refractivity contribution is 0.0954. The first kappa shape index (κ1) is 27.8. The molecule has 0 aliphatic carbocycles. The van der Waals surface area contributed by atoms with Gasteiger partial charge < -0.3 is 20.1 Å². The van der Waals surface area contributed by atoms with E-state index < -0.39 is 0 Å². The molecule has 1 saturated heterocycles. The van der Waals surface area contributed by atoms with Crippen LogP contribution in [0, 0.1) is 5.92 Å². The summed E-state index contributed by atoms with van der Waals surface area (Å²) >= 11 is 1.77. The number of benzene rings is 2. The van der Waals surface area contributed by atoms with Gasteiger partial charge in [-0.3, -0.25) is 19.4 Å². The van der Waals surface area contributed by atoms with E-state index in [4.69, 9.17) is 0 Å². The number of fused-ring (bicyclic) bond motifs is 4. The van der Waals surface area contributed by atoms with Gasteiger partial charge in [-0.15, -0.1) is 0 Å². The number of pyridine rings is 2. The Morgan fingerprint density at radius 2 is 1.79 bits per heavy atom. The van der Waals surface area contributed by atoms with Gasteiger partial charge in [0.15, 0.2) is 0 Å². The number of rotatable bonds is 9. The molecule has 0 saturated carbocycles. The van der Waals surface area contributed by atoms with Crippen LogP contribution in [0.25, 0.3) is 0 Å². The Kier molecular flexibility index (Phi) is 8.37. The van der Waals surface area contributed by atoms with Crippen molar-refractivity contribution in [2.24, 2.45) is 5.92 Å². The first-order valence-electron chi connectivity index (χ1n) is 14.2. The molecule has 2 bridgehead atoms. The summed E-state index contributed by atoms with van der Waals surface area (Å²) < 4.78 is 1.91. The van der Waals surface area contributed by atoms with Crippen molar-refractivity contribution in [3.8, 4) is 0 Å². The zero-order valence-corrected chi connectivity index (χ0v) is 24.1. The van der Waals surface area contributed by atoms with Crippen molar-refractivity contribution in [1.82, 2.24) is 14.9 Å². The smallest absolute Gasteiger partial charge is 0.257 e. The third-order valence-corrected chi connectivity index (χ3v) is 8.92. The van der Waals surface area contributed by atoms with E-state index in [1.54, 1.807) is 42.2 Å². The highest BCUT2D eigenvalue weighted by Gasteiger charge is 2.35. The summed E-state index contributed by atoms with van der Waals surface area (Å²) in [5.74, 6) is 1.76. The van der Waals surface area contributed by atoms with E-state index in [0.29, 0.717) is 35.8 Å². The molecule has 0 spiro atoms. The summed E-state index contributed by atoms with van der Waals surface area (Å²) in [6.07, 6.45) is 4.18. The number of hydrogen-bond acceptors (Lipinski definition) is 6. The molecule has 8 nitrogen and oxygen atoms in total. The monoisotopic (exact) mass is 579 g/mol. The number of piperidine rings is 1. The van der Waals surface area contributed by atoms with E-state index in [2.05, 4.69) is 32.7 Å². The molecule has 9 heteroatoms. The molecule has 2 N–H and O–H groups in total. The number of aromatic nitrogens is 2. The standard InChI is InChI=1S/C33H33N5O3S/c39-31-10-4-9-29-27-16-24(20-38(29)31)19-37(21-27)30-12-11-25(17-28(30)36-33(41)26-8-5-13-34-18-26)32(40)35-14-15-42-22-23-6-2-1-3-7-23/h1-13,17-18,24,27H,14-16,19-22H2,(H,35,40)(H,36,41)/t24-,27+/m1/s1. The Morgan fingerprint density at radius 3 is 2.62 bits per heavy atom. The third-order valence-electron chi connectivity index (χ3n) is 7.89. The van der Waals surface area contributed by atoms with Crippen LogP contribution >= 0.6 is 11.8 Å². The summed E-state index contributed by atoms with van der Waals surface area (Å²) in [7, 11) is 0. The number of thioether (sulfide) groups is 1. The quantitative estimate of drug-likeness (QED) is 0.277. The number of nitrogens with zero attached hydrogens (tertiary/aromatic N) is 3. The second kappa shape index (κ2) is 12.7. The highest BCUT2D eigenvalue weighted by Crippen LogP contribution is 2.39. The number of nitrogens with one attached hydrogen (secondary N) is 2. The van der Waals surface area contributed by atoms with Gasteiger partial charge in [-0.05, 0) is 54.3 Å². The summed E-state index contributed by atoms with van der Waals surface area (Å²) in [6.45, 7) is 2.71. The maximum absolute atomic E-state index is 13.2. The number of anilines is 2. The molecule has 2 aromatic carbocycles. The largest absolute Gasteiger partial charge is 0.369 e. The van der Waals surface area contributed by atoms with Crippen LogP contribution in [0.3, 0.4) is 0 Å². The van der Waals surface area contributed by atoms with Gasteiger partial charge >= 0.3 is 0 Å². The maximum atomic E-state index is 13.2. The molecular formula is C33H33N5O3S. The highest BCUT2D eigenvalue weighted by atomic mass is 32.2. The van der Waals surface area contributed by atoms with Crippen LogP contribution in [-0.2, 0) is 12.3 Å². The Labute approximate surface area is 249 Å². The normalized spacial score (nSPS) is 17.3. The SMILES string of the molecule is O=C(NCCSCc1ccccc1)c1ccc(N2C[C@H]3C[C@@H](C2)c2cccc(=O)n2C3)c(NC(=O)c2cccnc2)c1. The molecule has 2 amide bonds. The summed E-state index contributed by atoms with van der Waals surface area (Å²) in [5, 5.41) is 6.06. The Morgan fingerprint density at radius 1 is 0.905 bits per heavy atom. The molecule has 214 valence electrons. The van der Waals surface area contributed by atoms with Crippen molar-refractivity contribution in [3.05, 3.63) is 124 Å². The van der Waals surface area contributed by atoms with E-state index >= 15 is 0 Å². The minimum atomic E-state index is -0.284. The third kappa shape index (κ3) is 6.26. The molecule has 2 atom stereocenters. The van der Waals surface area contributed by atoms with Gasteiger partial charge in [-0.25, -0.2) is 0 Å². The molecule has 4 aromatic rings. The second-order valence-corrected chi connectivity index (χ2v) is 11.9. The molecule has 2 aliphatic heterocycles. The van der Waals surface area contributed by atoms with Gasteiger partial charge in [0.2, 0.25) is 0 Å². The maximum Gasteiger partial charge on any atom is 0.257 e. The van der Waals surface area contributed by atoms with Crippen molar-refractivity contribution < 1.29 is 9.59 Å². The van der Waals surface area contributed by atoms with Crippen LogP contribution < -0.4 is 21.1 Å². The molecule has 0 unspecified atom stereocenters. The first-order chi connectivity index (χ1) is 20.5. The molecular weight excluding hydrogens is 546 g/mol. The van der Waals surface area contributed by atoms with Crippen LogP contribution in [0.2, 0.25) is 0 Å². The Balaban J connectivity index is 1.19. The van der Waals surface area contributed by atoms with Crippen LogP contribution in [0.5, 0.6) is 0 Å². The van der Waals surface area contributed by atoms with Gasteiger partial charge in [-0.1, -0.05) is 36.4 Å². The molecule has 6 rings (SSSR count). The lowest BCUT2D eigenvalue weighted by Crippen LogP contribution is -2.47. The van der Waals surface area contributed by atoms with E-state index in [0.717, 1.165) is 42.4 Å².